The molecule has 3 atom stereocenters. The summed E-state index contributed by atoms with van der Waals surface area (Å²) in [5, 5.41) is 8.96. The SMILES string of the molecule is CN[C@@H](C)C(=O)NC1=CN=CN(C2=CC=CC(=O)C2(C)CC(=O)N[C@@H]2CCCc3ccccc32)C1. The lowest BCUT2D eigenvalue weighted by Gasteiger charge is -2.38. The molecule has 1 unspecified atom stereocenters. The fraction of sp³-hybridized carbons (Fsp3) is 0.407. The van der Waals surface area contributed by atoms with Crippen LogP contribution in [0, 0.1) is 5.41 Å². The van der Waals surface area contributed by atoms with Gasteiger partial charge in [-0.05, 0) is 63.4 Å². The standard InChI is InChI=1S/C27H33N5O3/c1-18(28-3)26(35)30-20-15-29-17-32(16-20)23-12-7-13-24(33)27(23,2)14-25(34)31-22-11-6-9-19-8-4-5-10-21(19)22/h4-5,7-8,10,12-13,15,17-18,22,28H,6,9,11,14,16H2,1-3H3,(H,30,35)(H,31,34)/t18-,22+,27?/m0/s1. The highest BCUT2D eigenvalue weighted by molar-refractivity contribution is 6.01. The molecule has 1 aliphatic heterocycles. The summed E-state index contributed by atoms with van der Waals surface area (Å²) in [6.07, 6.45) is 11.2. The van der Waals surface area contributed by atoms with E-state index in [2.05, 4.69) is 33.1 Å². The average molecular weight is 476 g/mol. The Morgan fingerprint density at radius 3 is 2.89 bits per heavy atom. The molecule has 2 aliphatic carbocycles. The predicted molar refractivity (Wildman–Crippen MR) is 135 cm³/mol. The zero-order valence-electron chi connectivity index (χ0n) is 20.5. The number of nitrogens with one attached hydrogen (secondary N) is 3. The highest BCUT2D eigenvalue weighted by Gasteiger charge is 2.42. The number of carbonyl (C=O) groups is 3. The number of amides is 2. The van der Waals surface area contributed by atoms with Gasteiger partial charge in [-0.1, -0.05) is 30.3 Å². The Morgan fingerprint density at radius 1 is 1.29 bits per heavy atom. The minimum Gasteiger partial charge on any atom is -0.349 e. The number of nitrogens with zero attached hydrogens (tertiary/aromatic N) is 2. The molecule has 3 aliphatic rings. The summed E-state index contributed by atoms with van der Waals surface area (Å²) < 4.78 is 0. The van der Waals surface area contributed by atoms with Gasteiger partial charge in [-0.25, -0.2) is 4.99 Å². The summed E-state index contributed by atoms with van der Waals surface area (Å²) in [6, 6.07) is 7.81. The molecule has 8 heteroatoms. The fourth-order valence-corrected chi connectivity index (χ4v) is 4.87. The van der Waals surface area contributed by atoms with E-state index >= 15 is 0 Å². The Kier molecular flexibility index (Phi) is 7.31. The van der Waals surface area contributed by atoms with Crippen LogP contribution in [0.4, 0.5) is 0 Å². The third-order valence-electron chi connectivity index (χ3n) is 7.03. The second-order valence-electron chi connectivity index (χ2n) is 9.54. The normalized spacial score (nSPS) is 24.3. The summed E-state index contributed by atoms with van der Waals surface area (Å²) in [4.78, 5) is 44.8. The summed E-state index contributed by atoms with van der Waals surface area (Å²) in [7, 11) is 1.72. The van der Waals surface area contributed by atoms with E-state index in [0.29, 0.717) is 17.9 Å². The van der Waals surface area contributed by atoms with E-state index in [1.807, 2.05) is 23.1 Å². The van der Waals surface area contributed by atoms with Crippen molar-refractivity contribution in [2.75, 3.05) is 13.6 Å². The molecule has 1 aromatic rings. The molecule has 0 bridgehead atoms. The van der Waals surface area contributed by atoms with Gasteiger partial charge in [0.2, 0.25) is 11.8 Å². The van der Waals surface area contributed by atoms with E-state index < -0.39 is 5.41 Å². The van der Waals surface area contributed by atoms with Crippen molar-refractivity contribution in [3.63, 3.8) is 0 Å². The predicted octanol–water partition coefficient (Wildman–Crippen LogP) is 2.51. The molecule has 0 fully saturated rings. The first-order chi connectivity index (χ1) is 16.8. The smallest absolute Gasteiger partial charge is 0.241 e. The van der Waals surface area contributed by atoms with Crippen molar-refractivity contribution < 1.29 is 14.4 Å². The van der Waals surface area contributed by atoms with Crippen LogP contribution in [-0.4, -0.2) is 48.5 Å². The molecule has 3 N–H and O–H groups in total. The quantitative estimate of drug-likeness (QED) is 0.562. The van der Waals surface area contributed by atoms with E-state index in [0.717, 1.165) is 24.8 Å². The highest BCUT2D eigenvalue weighted by atomic mass is 16.2. The number of fused-ring (bicyclic) bond motifs is 1. The van der Waals surface area contributed by atoms with Gasteiger partial charge in [0.1, 0.15) is 0 Å². The molecule has 8 nitrogen and oxygen atoms in total. The van der Waals surface area contributed by atoms with Crippen molar-refractivity contribution in [3.05, 3.63) is 71.2 Å². The first-order valence-electron chi connectivity index (χ1n) is 12.1. The maximum atomic E-state index is 13.2. The lowest BCUT2D eigenvalue weighted by atomic mass is 9.75. The minimum absolute atomic E-state index is 0.0210. The molecule has 0 saturated carbocycles. The fourth-order valence-electron chi connectivity index (χ4n) is 4.87. The van der Waals surface area contributed by atoms with E-state index in [1.165, 1.54) is 11.6 Å². The monoisotopic (exact) mass is 475 g/mol. The largest absolute Gasteiger partial charge is 0.349 e. The molecule has 0 spiro atoms. The summed E-state index contributed by atoms with van der Waals surface area (Å²) >= 11 is 0. The van der Waals surface area contributed by atoms with E-state index in [1.54, 1.807) is 39.5 Å². The van der Waals surface area contributed by atoms with Gasteiger partial charge in [0.15, 0.2) is 5.78 Å². The first kappa shape index (κ1) is 24.6. The molecular formula is C27H33N5O3. The van der Waals surface area contributed by atoms with Crippen molar-refractivity contribution in [1.82, 2.24) is 20.9 Å². The van der Waals surface area contributed by atoms with E-state index in [4.69, 9.17) is 0 Å². The Bertz CT molecular complexity index is 1140. The molecule has 35 heavy (non-hydrogen) atoms. The van der Waals surface area contributed by atoms with Gasteiger partial charge in [-0.3, -0.25) is 14.4 Å². The molecule has 0 radical (unpaired) electrons. The Morgan fingerprint density at radius 2 is 2.09 bits per heavy atom. The topological polar surface area (TPSA) is 103 Å². The summed E-state index contributed by atoms with van der Waals surface area (Å²) in [5.74, 6) is -0.463. The zero-order valence-corrected chi connectivity index (χ0v) is 20.5. The van der Waals surface area contributed by atoms with Gasteiger partial charge >= 0.3 is 0 Å². The highest BCUT2D eigenvalue weighted by Crippen LogP contribution is 2.38. The molecule has 4 rings (SSSR count). The van der Waals surface area contributed by atoms with Crippen LogP contribution in [0.1, 0.15) is 50.3 Å². The number of allylic oxidation sites excluding steroid dienone is 4. The molecule has 2 amide bonds. The van der Waals surface area contributed by atoms with Crippen molar-refractivity contribution in [2.24, 2.45) is 10.4 Å². The van der Waals surface area contributed by atoms with Crippen LogP contribution in [0.3, 0.4) is 0 Å². The van der Waals surface area contributed by atoms with Gasteiger partial charge in [-0.15, -0.1) is 0 Å². The summed E-state index contributed by atoms with van der Waals surface area (Å²) in [5.41, 5.74) is 2.67. The number of aryl methyl sites for hydroxylation is 1. The number of carbonyl (C=O) groups excluding carboxylic acids is 3. The van der Waals surface area contributed by atoms with Crippen LogP contribution < -0.4 is 16.0 Å². The number of ketones is 1. The van der Waals surface area contributed by atoms with E-state index in [9.17, 15) is 14.4 Å². The van der Waals surface area contributed by atoms with Gasteiger partial charge < -0.3 is 20.9 Å². The number of aliphatic imine (C=N–C) groups is 1. The second-order valence-corrected chi connectivity index (χ2v) is 9.54. The Hall–Kier alpha value is -3.52. The van der Waals surface area contributed by atoms with Gasteiger partial charge in [-0.2, -0.15) is 0 Å². The maximum Gasteiger partial charge on any atom is 0.241 e. The number of hydrogen-bond acceptors (Lipinski definition) is 6. The van der Waals surface area contributed by atoms with Crippen molar-refractivity contribution in [3.8, 4) is 0 Å². The lowest BCUT2D eigenvalue weighted by Crippen LogP contribution is -2.46. The molecular weight excluding hydrogens is 442 g/mol. The number of benzene rings is 1. The Labute approximate surface area is 206 Å². The van der Waals surface area contributed by atoms with Crippen LogP contribution in [0.5, 0.6) is 0 Å². The van der Waals surface area contributed by atoms with Crippen LogP contribution >= 0.6 is 0 Å². The maximum absolute atomic E-state index is 13.2. The third-order valence-corrected chi connectivity index (χ3v) is 7.03. The first-order valence-corrected chi connectivity index (χ1v) is 12.1. The van der Waals surface area contributed by atoms with Crippen LogP contribution in [0.15, 0.2) is 65.1 Å². The van der Waals surface area contributed by atoms with Gasteiger partial charge in [0, 0.05) is 18.3 Å². The third kappa shape index (κ3) is 5.27. The number of likely N-dealkylation sites (N-methyl/N-ethyl adjacent to an activating group) is 1. The van der Waals surface area contributed by atoms with Crippen molar-refractivity contribution in [1.29, 1.82) is 0 Å². The van der Waals surface area contributed by atoms with Gasteiger partial charge in [0.25, 0.3) is 0 Å². The molecule has 0 saturated heterocycles. The zero-order chi connectivity index (χ0) is 25.0. The van der Waals surface area contributed by atoms with Crippen LogP contribution in [0.25, 0.3) is 0 Å². The Balaban J connectivity index is 1.48. The minimum atomic E-state index is -1.05. The summed E-state index contributed by atoms with van der Waals surface area (Å²) in [6.45, 7) is 3.91. The second kappa shape index (κ2) is 10.4. The van der Waals surface area contributed by atoms with Crippen LogP contribution in [0.2, 0.25) is 0 Å². The lowest BCUT2D eigenvalue weighted by molar-refractivity contribution is -0.130. The molecule has 184 valence electrons. The average Bonchev–Trinajstić information content (AvgIpc) is 2.85. The molecule has 0 aromatic heterocycles. The molecule has 1 aromatic carbocycles. The number of hydrogen-bond donors (Lipinski definition) is 3. The number of rotatable bonds is 7. The van der Waals surface area contributed by atoms with Gasteiger partial charge in [0.05, 0.1) is 36.1 Å². The van der Waals surface area contributed by atoms with Crippen molar-refractivity contribution in [2.45, 2.75) is 51.6 Å². The molecule has 1 heterocycles. The van der Waals surface area contributed by atoms with Crippen LogP contribution in [-0.2, 0) is 20.8 Å². The van der Waals surface area contributed by atoms with Crippen molar-refractivity contribution >= 4 is 23.9 Å². The van der Waals surface area contributed by atoms with E-state index in [-0.39, 0.29) is 36.1 Å².